The van der Waals surface area contributed by atoms with Crippen LogP contribution in [0.25, 0.3) is 0 Å². The topological polar surface area (TPSA) is 400 Å². The number of phenols is 2. The molecule has 0 radical (unpaired) electrons. The normalized spacial score (nSPS) is 13.9. The third-order valence-electron chi connectivity index (χ3n) is 12.1. The van der Waals surface area contributed by atoms with Crippen LogP contribution in [0.1, 0.15) is 61.8 Å². The fraction of sp³-hybridized carbons (Fsp3) is 0.370. The molecule has 4 aromatic rings. The quantitative estimate of drug-likeness (QED) is 0.0267. The number of nitrogens with two attached hydrogens (primary N) is 2. The summed E-state index contributed by atoms with van der Waals surface area (Å²) in [6.45, 7) is 2.13. The Morgan fingerprint density at radius 1 is 0.385 bits per heavy atom. The number of benzene rings is 4. The maximum absolute atomic E-state index is 13.9. The standard InChI is InChI=1S/C54H68N10O14/c1-31(59-49(73)39(55)27-35-13-17-37(65)18-14-35)47(71)63-43(29-33-9-5-3-6-10-33)53(77)61-41(21-23-45(67)68)51(75)57-25-26-58-52(76)42(22-24-46(69)70)62-54(78)44(30-34-11-7-4-8-12-34)64-48(72)32(2)60-50(74)40(56)28-36-15-19-38(66)20-16-36/h3-20,31-32,39-44,65-66H,21-30,55-56H2,1-2H3,(H,57,75)(H,58,76)(H,59,73)(H,60,74)(H,61,77)(H,62,78)(H,63,71)(H,64,72)(H,67,68)(H,69,70)/t31-,32-,39+,40+,41+,42+,43+,44+/m1/s1. The fourth-order valence-corrected chi connectivity index (χ4v) is 7.68. The summed E-state index contributed by atoms with van der Waals surface area (Å²) in [6.07, 6.45) is -1.95. The molecule has 24 nitrogen and oxygen atoms in total. The van der Waals surface area contributed by atoms with Crippen molar-refractivity contribution in [2.24, 2.45) is 11.5 Å². The first-order valence-electron chi connectivity index (χ1n) is 25.0. The van der Waals surface area contributed by atoms with E-state index in [2.05, 4.69) is 42.5 Å². The van der Waals surface area contributed by atoms with Crippen LogP contribution in [0.5, 0.6) is 11.5 Å². The number of hydrogen-bond donors (Lipinski definition) is 14. The lowest BCUT2D eigenvalue weighted by molar-refractivity contribution is -0.139. The van der Waals surface area contributed by atoms with Crippen molar-refractivity contribution >= 4 is 59.2 Å². The van der Waals surface area contributed by atoms with E-state index in [4.69, 9.17) is 11.5 Å². The number of carbonyl (C=O) groups is 10. The molecule has 0 saturated carbocycles. The fourth-order valence-electron chi connectivity index (χ4n) is 7.68. The molecule has 0 aromatic heterocycles. The summed E-state index contributed by atoms with van der Waals surface area (Å²) < 4.78 is 0. The minimum Gasteiger partial charge on any atom is -0.508 e. The number of amides is 8. The highest BCUT2D eigenvalue weighted by Gasteiger charge is 2.32. The molecule has 4 aromatic carbocycles. The molecule has 0 bridgehead atoms. The van der Waals surface area contributed by atoms with Crippen molar-refractivity contribution in [3.8, 4) is 11.5 Å². The van der Waals surface area contributed by atoms with E-state index >= 15 is 0 Å². The van der Waals surface area contributed by atoms with Gasteiger partial charge in [-0.2, -0.15) is 0 Å². The summed E-state index contributed by atoms with van der Waals surface area (Å²) in [5.41, 5.74) is 14.7. The minimum atomic E-state index is -1.48. The molecule has 0 aliphatic carbocycles. The molecule has 0 aliphatic rings. The first kappa shape index (κ1) is 61.6. The second-order valence-corrected chi connectivity index (χ2v) is 18.5. The van der Waals surface area contributed by atoms with Gasteiger partial charge in [0.25, 0.3) is 0 Å². The molecule has 8 atom stereocenters. The average Bonchev–Trinajstić information content (AvgIpc) is 3.40. The summed E-state index contributed by atoms with van der Waals surface area (Å²) >= 11 is 0. The molecule has 16 N–H and O–H groups in total. The third-order valence-corrected chi connectivity index (χ3v) is 12.1. The third kappa shape index (κ3) is 21.8. The Labute approximate surface area is 449 Å². The first-order chi connectivity index (χ1) is 37.1. The number of aliphatic carboxylic acids is 2. The molecule has 0 aliphatic heterocycles. The van der Waals surface area contributed by atoms with Crippen LogP contribution >= 0.6 is 0 Å². The van der Waals surface area contributed by atoms with Gasteiger partial charge in [-0.25, -0.2) is 0 Å². The summed E-state index contributed by atoms with van der Waals surface area (Å²) in [5.74, 6) is -8.94. The van der Waals surface area contributed by atoms with E-state index in [1.807, 2.05) is 0 Å². The number of hydrogen-bond acceptors (Lipinski definition) is 14. The Morgan fingerprint density at radius 2 is 0.692 bits per heavy atom. The number of aromatic hydroxyl groups is 2. The van der Waals surface area contributed by atoms with Crippen LogP contribution in [0, 0.1) is 0 Å². The first-order valence-corrected chi connectivity index (χ1v) is 25.0. The van der Waals surface area contributed by atoms with Gasteiger partial charge in [0, 0.05) is 38.8 Å². The molecule has 0 saturated heterocycles. The van der Waals surface area contributed by atoms with Gasteiger partial charge in [0.2, 0.25) is 47.3 Å². The Bertz CT molecular complexity index is 2500. The van der Waals surface area contributed by atoms with Crippen LogP contribution in [-0.4, -0.2) is 141 Å². The number of rotatable bonds is 31. The smallest absolute Gasteiger partial charge is 0.303 e. The number of carboxylic acid groups (broad SMARTS) is 2. The minimum absolute atomic E-state index is 0.0270. The van der Waals surface area contributed by atoms with Gasteiger partial charge in [-0.05, 0) is 86.1 Å². The van der Waals surface area contributed by atoms with E-state index in [-0.39, 0.29) is 50.3 Å². The van der Waals surface area contributed by atoms with Crippen LogP contribution in [0.2, 0.25) is 0 Å². The van der Waals surface area contributed by atoms with Crippen molar-refractivity contribution in [3.05, 3.63) is 131 Å². The maximum Gasteiger partial charge on any atom is 0.303 e. The zero-order chi connectivity index (χ0) is 57.3. The van der Waals surface area contributed by atoms with E-state index in [0.717, 1.165) is 0 Å². The number of carboxylic acids is 2. The SMILES string of the molecule is C[C@@H](NC(=O)[C@@H](N)Cc1ccc(O)cc1)C(=O)N[C@@H](Cc1ccccc1)C(=O)N[C@@H](CCC(=O)O)C(=O)NCCNC(=O)[C@H](CCC(=O)O)NC(=O)[C@H](Cc1ccccc1)NC(=O)[C@@H](C)NC(=O)[C@@H](N)Cc1ccc(O)cc1. The molecule has 418 valence electrons. The van der Waals surface area contributed by atoms with Gasteiger partial charge in [0.15, 0.2) is 0 Å². The van der Waals surface area contributed by atoms with Gasteiger partial charge >= 0.3 is 11.9 Å². The molecule has 0 heterocycles. The van der Waals surface area contributed by atoms with E-state index in [1.165, 1.54) is 38.1 Å². The van der Waals surface area contributed by atoms with Gasteiger partial charge in [-0.15, -0.1) is 0 Å². The zero-order valence-corrected chi connectivity index (χ0v) is 43.1. The second-order valence-electron chi connectivity index (χ2n) is 18.5. The molecule has 0 spiro atoms. The van der Waals surface area contributed by atoms with Crippen molar-refractivity contribution in [2.45, 2.75) is 114 Å². The highest BCUT2D eigenvalue weighted by Crippen LogP contribution is 2.14. The van der Waals surface area contributed by atoms with Crippen LogP contribution in [0.15, 0.2) is 109 Å². The van der Waals surface area contributed by atoms with Gasteiger partial charge in [0.05, 0.1) is 12.1 Å². The van der Waals surface area contributed by atoms with Crippen molar-refractivity contribution in [1.29, 1.82) is 0 Å². The Kier molecular flexibility index (Phi) is 24.7. The Balaban J connectivity index is 1.39. The summed E-state index contributed by atoms with van der Waals surface area (Å²) in [4.78, 5) is 131. The van der Waals surface area contributed by atoms with Gasteiger partial charge in [-0.3, -0.25) is 47.9 Å². The van der Waals surface area contributed by atoms with Crippen molar-refractivity contribution in [3.63, 3.8) is 0 Å². The maximum atomic E-state index is 13.9. The largest absolute Gasteiger partial charge is 0.508 e. The molecule has 0 fully saturated rings. The highest BCUT2D eigenvalue weighted by atomic mass is 16.4. The molecule has 4 rings (SSSR count). The molecule has 78 heavy (non-hydrogen) atoms. The van der Waals surface area contributed by atoms with Crippen molar-refractivity contribution < 1.29 is 68.4 Å². The number of nitrogens with one attached hydrogen (secondary N) is 8. The number of carbonyl (C=O) groups excluding carboxylic acids is 8. The average molecular weight is 1080 g/mol. The van der Waals surface area contributed by atoms with Gasteiger partial charge in [-0.1, -0.05) is 84.9 Å². The predicted octanol–water partition coefficient (Wildman–Crippen LogP) is -1.07. The van der Waals surface area contributed by atoms with Gasteiger partial charge < -0.3 is 74.4 Å². The molecule has 8 amide bonds. The summed E-state index contributed by atoms with van der Waals surface area (Å²) in [7, 11) is 0. The lowest BCUT2D eigenvalue weighted by atomic mass is 10.0. The van der Waals surface area contributed by atoms with E-state index in [9.17, 15) is 68.4 Å². The van der Waals surface area contributed by atoms with Crippen LogP contribution in [-0.2, 0) is 73.6 Å². The summed E-state index contributed by atoms with van der Waals surface area (Å²) in [5, 5.41) is 58.4. The molecule has 24 heteroatoms. The molecular weight excluding hydrogens is 1010 g/mol. The zero-order valence-electron chi connectivity index (χ0n) is 43.1. The monoisotopic (exact) mass is 1080 g/mol. The second kappa shape index (κ2) is 31.2. The van der Waals surface area contributed by atoms with Crippen molar-refractivity contribution in [1.82, 2.24) is 42.5 Å². The molecular formula is C54H68N10O14. The highest BCUT2D eigenvalue weighted by molar-refractivity contribution is 5.96. The summed E-state index contributed by atoms with van der Waals surface area (Å²) in [6, 6.07) is 18.9. The molecule has 0 unspecified atom stereocenters. The lowest BCUT2D eigenvalue weighted by Crippen LogP contribution is -2.58. The predicted molar refractivity (Wildman–Crippen MR) is 283 cm³/mol. The lowest BCUT2D eigenvalue weighted by Gasteiger charge is -2.25. The number of phenolic OH excluding ortho intramolecular Hbond substituents is 2. The van der Waals surface area contributed by atoms with Crippen molar-refractivity contribution in [2.75, 3.05) is 13.1 Å². The van der Waals surface area contributed by atoms with Crippen LogP contribution < -0.4 is 54.0 Å². The van der Waals surface area contributed by atoms with Crippen LogP contribution in [0.3, 0.4) is 0 Å². The Morgan fingerprint density at radius 3 is 1.01 bits per heavy atom. The van der Waals surface area contributed by atoms with E-state index in [1.54, 1.807) is 84.9 Å². The van der Waals surface area contributed by atoms with Crippen LogP contribution in [0.4, 0.5) is 0 Å². The Hall–Kier alpha value is -8.90. The van der Waals surface area contributed by atoms with E-state index < -0.39 is 133 Å². The van der Waals surface area contributed by atoms with Gasteiger partial charge in [0.1, 0.15) is 47.8 Å². The van der Waals surface area contributed by atoms with E-state index in [0.29, 0.717) is 22.3 Å².